The van der Waals surface area contributed by atoms with Crippen molar-refractivity contribution >= 4 is 19.3 Å². The second-order valence-electron chi connectivity index (χ2n) is 2.80. The van der Waals surface area contributed by atoms with Gasteiger partial charge in [0.15, 0.2) is 0 Å². The molecule has 0 aliphatic rings. The van der Waals surface area contributed by atoms with Gasteiger partial charge in [-0.1, -0.05) is 37.6 Å². The van der Waals surface area contributed by atoms with Crippen molar-refractivity contribution in [1.29, 1.82) is 0 Å². The average Bonchev–Trinajstić information content (AvgIpc) is 2.03. The molecule has 0 aromatic carbocycles. The monoisotopic (exact) mass is 189 g/mol. The summed E-state index contributed by atoms with van der Waals surface area (Å²) in [4.78, 5) is 0. The summed E-state index contributed by atoms with van der Waals surface area (Å²) in [7, 11) is 0.624. The molecular formula is C8H15BClO2. The maximum absolute atomic E-state index is 8.29. The van der Waals surface area contributed by atoms with E-state index in [1.54, 1.807) is 0 Å². The topological polar surface area (TPSA) is 29.5 Å². The van der Waals surface area contributed by atoms with Crippen molar-refractivity contribution in [2.24, 2.45) is 5.92 Å². The Hall–Kier alpha value is 0.0149. The van der Waals surface area contributed by atoms with E-state index < -0.39 is 5.56 Å². The van der Waals surface area contributed by atoms with Crippen molar-refractivity contribution in [2.45, 2.75) is 32.3 Å². The van der Waals surface area contributed by atoms with Gasteiger partial charge in [0.25, 0.3) is 0 Å². The standard InChI is InChI=1S/C8H15BClO2/c1-4-6(2)7(3)5-8(10)12-9-11/h7-8,11H,2,4-5H2,1,3H3. The molecule has 0 spiro atoms. The van der Waals surface area contributed by atoms with Gasteiger partial charge in [0.2, 0.25) is 0 Å². The third-order valence-electron chi connectivity index (χ3n) is 1.90. The van der Waals surface area contributed by atoms with Crippen LogP contribution in [0.2, 0.25) is 0 Å². The SMILES string of the molecule is C=C(CC)C(C)CC(Cl)O[B]O. The zero-order valence-corrected chi connectivity index (χ0v) is 8.34. The molecule has 0 aliphatic carbocycles. The minimum absolute atomic E-state index is 0.331. The lowest BCUT2D eigenvalue weighted by Gasteiger charge is -2.16. The Morgan fingerprint density at radius 2 is 2.33 bits per heavy atom. The van der Waals surface area contributed by atoms with Crippen LogP contribution in [0.15, 0.2) is 12.2 Å². The summed E-state index contributed by atoms with van der Waals surface area (Å²) in [6.45, 7) is 8.00. The summed E-state index contributed by atoms with van der Waals surface area (Å²) in [6.07, 6.45) is 1.62. The van der Waals surface area contributed by atoms with Gasteiger partial charge in [0, 0.05) is 0 Å². The largest absolute Gasteiger partial charge is 0.486 e. The minimum atomic E-state index is -0.465. The molecule has 2 unspecified atom stereocenters. The highest BCUT2D eigenvalue weighted by atomic mass is 35.5. The highest BCUT2D eigenvalue weighted by molar-refractivity contribution is 6.23. The lowest BCUT2D eigenvalue weighted by Crippen LogP contribution is -2.13. The summed E-state index contributed by atoms with van der Waals surface area (Å²) in [5, 5.41) is 8.29. The van der Waals surface area contributed by atoms with Crippen LogP contribution in [0.25, 0.3) is 0 Å². The predicted octanol–water partition coefficient (Wildman–Crippen LogP) is 2.09. The zero-order chi connectivity index (χ0) is 9.56. The quantitative estimate of drug-likeness (QED) is 0.394. The molecule has 0 saturated carbocycles. The Bertz CT molecular complexity index is 141. The highest BCUT2D eigenvalue weighted by Crippen LogP contribution is 2.20. The maximum atomic E-state index is 8.29. The van der Waals surface area contributed by atoms with Gasteiger partial charge in [0.1, 0.15) is 5.56 Å². The lowest BCUT2D eigenvalue weighted by molar-refractivity contribution is 0.230. The van der Waals surface area contributed by atoms with E-state index in [1.165, 1.54) is 0 Å². The van der Waals surface area contributed by atoms with Crippen LogP contribution in [0.5, 0.6) is 0 Å². The Morgan fingerprint density at radius 3 is 2.75 bits per heavy atom. The average molecular weight is 189 g/mol. The molecule has 1 radical (unpaired) electrons. The minimum Gasteiger partial charge on any atom is -0.429 e. The summed E-state index contributed by atoms with van der Waals surface area (Å²) < 4.78 is 4.66. The first-order valence-corrected chi connectivity index (χ1v) is 4.48. The predicted molar refractivity (Wildman–Crippen MR) is 51.9 cm³/mol. The molecular weight excluding hydrogens is 174 g/mol. The second-order valence-corrected chi connectivity index (χ2v) is 3.29. The van der Waals surface area contributed by atoms with Crippen LogP contribution in [-0.4, -0.2) is 18.3 Å². The molecule has 12 heavy (non-hydrogen) atoms. The lowest BCUT2D eigenvalue weighted by atomic mass is 9.97. The van der Waals surface area contributed by atoms with Crippen LogP contribution in [0.3, 0.4) is 0 Å². The first-order valence-electron chi connectivity index (χ1n) is 4.04. The molecule has 0 aromatic heterocycles. The van der Waals surface area contributed by atoms with Crippen LogP contribution in [0.4, 0.5) is 0 Å². The number of allylic oxidation sites excluding steroid dienone is 1. The van der Waals surface area contributed by atoms with E-state index in [0.29, 0.717) is 20.0 Å². The molecule has 69 valence electrons. The fourth-order valence-corrected chi connectivity index (χ4v) is 1.23. The van der Waals surface area contributed by atoms with Gasteiger partial charge in [-0.25, -0.2) is 0 Å². The highest BCUT2D eigenvalue weighted by Gasteiger charge is 2.12. The van der Waals surface area contributed by atoms with Crippen molar-refractivity contribution in [1.82, 2.24) is 0 Å². The summed E-state index contributed by atoms with van der Waals surface area (Å²) >= 11 is 5.72. The zero-order valence-electron chi connectivity index (χ0n) is 7.59. The Kier molecular flexibility index (Phi) is 6.53. The molecule has 0 heterocycles. The van der Waals surface area contributed by atoms with Crippen molar-refractivity contribution in [3.63, 3.8) is 0 Å². The van der Waals surface area contributed by atoms with Crippen LogP contribution >= 0.6 is 11.6 Å². The molecule has 0 aromatic rings. The number of alkyl halides is 1. The van der Waals surface area contributed by atoms with Crippen molar-refractivity contribution in [3.05, 3.63) is 12.2 Å². The number of hydrogen-bond donors (Lipinski definition) is 1. The number of hydrogen-bond acceptors (Lipinski definition) is 2. The summed E-state index contributed by atoms with van der Waals surface area (Å²) in [5.41, 5.74) is 0.690. The van der Waals surface area contributed by atoms with E-state index in [1.807, 2.05) is 6.92 Å². The molecule has 0 rings (SSSR count). The summed E-state index contributed by atoms with van der Waals surface area (Å²) in [6, 6.07) is 0. The molecule has 0 amide bonds. The van der Waals surface area contributed by atoms with E-state index >= 15 is 0 Å². The van der Waals surface area contributed by atoms with E-state index in [4.69, 9.17) is 16.6 Å². The van der Waals surface area contributed by atoms with Crippen molar-refractivity contribution in [3.8, 4) is 0 Å². The molecule has 4 heteroatoms. The number of halogens is 1. The third-order valence-corrected chi connectivity index (χ3v) is 2.18. The third kappa shape index (κ3) is 4.80. The Balaban J connectivity index is 3.67. The van der Waals surface area contributed by atoms with Gasteiger partial charge in [-0.05, 0) is 18.8 Å². The van der Waals surface area contributed by atoms with Gasteiger partial charge < -0.3 is 9.68 Å². The molecule has 0 saturated heterocycles. The molecule has 0 aliphatic heterocycles. The molecule has 0 bridgehead atoms. The summed E-state index contributed by atoms with van der Waals surface area (Å²) in [5.74, 6) is 0.331. The van der Waals surface area contributed by atoms with E-state index in [0.717, 1.165) is 12.0 Å². The fraction of sp³-hybridized carbons (Fsp3) is 0.750. The van der Waals surface area contributed by atoms with Gasteiger partial charge >= 0.3 is 7.69 Å². The van der Waals surface area contributed by atoms with Gasteiger partial charge in [-0.3, -0.25) is 0 Å². The first kappa shape index (κ1) is 12.0. The molecule has 1 N–H and O–H groups in total. The molecule has 0 fully saturated rings. The van der Waals surface area contributed by atoms with Crippen LogP contribution in [-0.2, 0) is 4.65 Å². The second kappa shape index (κ2) is 6.52. The Morgan fingerprint density at radius 1 is 1.75 bits per heavy atom. The van der Waals surface area contributed by atoms with E-state index in [-0.39, 0.29) is 0 Å². The van der Waals surface area contributed by atoms with E-state index in [2.05, 4.69) is 18.2 Å². The number of rotatable bonds is 6. The molecule has 2 nitrogen and oxygen atoms in total. The van der Waals surface area contributed by atoms with Crippen LogP contribution < -0.4 is 0 Å². The normalized spacial score (nSPS) is 15.3. The molecule has 2 atom stereocenters. The fourth-order valence-electron chi connectivity index (χ4n) is 0.915. The van der Waals surface area contributed by atoms with Crippen LogP contribution in [0.1, 0.15) is 26.7 Å². The maximum Gasteiger partial charge on any atom is 0.486 e. The van der Waals surface area contributed by atoms with Gasteiger partial charge in [0.05, 0.1) is 0 Å². The van der Waals surface area contributed by atoms with Gasteiger partial charge in [-0.15, -0.1) is 0 Å². The Labute approximate surface area is 79.9 Å². The van der Waals surface area contributed by atoms with Gasteiger partial charge in [-0.2, -0.15) is 0 Å². The van der Waals surface area contributed by atoms with E-state index in [9.17, 15) is 0 Å². The van der Waals surface area contributed by atoms with Crippen molar-refractivity contribution in [2.75, 3.05) is 0 Å². The smallest absolute Gasteiger partial charge is 0.429 e. The van der Waals surface area contributed by atoms with Crippen LogP contribution in [0, 0.1) is 5.92 Å². The van der Waals surface area contributed by atoms with Crippen molar-refractivity contribution < 1.29 is 9.68 Å². The first-order chi connectivity index (χ1) is 5.61.